The van der Waals surface area contributed by atoms with Gasteiger partial charge in [-0.1, -0.05) is 6.07 Å². The van der Waals surface area contributed by atoms with E-state index < -0.39 is 0 Å². The highest BCUT2D eigenvalue weighted by atomic mass is 79.9. The van der Waals surface area contributed by atoms with Gasteiger partial charge < -0.3 is 15.0 Å². The van der Waals surface area contributed by atoms with Crippen molar-refractivity contribution in [3.8, 4) is 0 Å². The Morgan fingerprint density at radius 3 is 2.81 bits per heavy atom. The third-order valence-corrected chi connectivity index (χ3v) is 3.83. The minimum Gasteiger partial charge on any atom is -0.378 e. The maximum Gasteiger partial charge on any atom is 0.133 e. The first-order chi connectivity index (χ1) is 10.3. The van der Waals surface area contributed by atoms with Crippen molar-refractivity contribution < 1.29 is 4.74 Å². The van der Waals surface area contributed by atoms with Crippen molar-refractivity contribution in [2.45, 2.75) is 6.54 Å². The van der Waals surface area contributed by atoms with E-state index in [2.05, 4.69) is 42.2 Å². The van der Waals surface area contributed by atoms with Crippen LogP contribution >= 0.6 is 15.9 Å². The van der Waals surface area contributed by atoms with Gasteiger partial charge >= 0.3 is 0 Å². The predicted octanol–water partition coefficient (Wildman–Crippen LogP) is 2.69. The molecule has 110 valence electrons. The summed E-state index contributed by atoms with van der Waals surface area (Å²) in [6.45, 7) is 4.01. The first-order valence-corrected chi connectivity index (χ1v) is 7.74. The van der Waals surface area contributed by atoms with E-state index in [0.717, 1.165) is 42.4 Å². The molecule has 1 aliphatic heterocycles. The van der Waals surface area contributed by atoms with Crippen molar-refractivity contribution in [1.82, 2.24) is 9.97 Å². The van der Waals surface area contributed by atoms with Crippen molar-refractivity contribution in [3.05, 3.63) is 46.7 Å². The Bertz CT molecular complexity index is 584. The van der Waals surface area contributed by atoms with Crippen LogP contribution in [0.3, 0.4) is 0 Å². The number of pyridine rings is 2. The number of halogens is 1. The van der Waals surface area contributed by atoms with Gasteiger partial charge in [-0.15, -0.1) is 0 Å². The van der Waals surface area contributed by atoms with Crippen LogP contribution in [0.5, 0.6) is 0 Å². The third kappa shape index (κ3) is 3.71. The molecule has 0 aliphatic carbocycles. The zero-order chi connectivity index (χ0) is 14.5. The molecule has 0 radical (unpaired) electrons. The number of ether oxygens (including phenoxy) is 1. The molecule has 2 aromatic heterocycles. The fourth-order valence-electron chi connectivity index (χ4n) is 2.29. The molecule has 0 aromatic carbocycles. The minimum atomic E-state index is 0.704. The van der Waals surface area contributed by atoms with Gasteiger partial charge in [-0.25, -0.2) is 9.97 Å². The number of nitrogens with one attached hydrogen (secondary N) is 1. The topological polar surface area (TPSA) is 50.3 Å². The summed E-state index contributed by atoms with van der Waals surface area (Å²) >= 11 is 3.39. The Hall–Kier alpha value is -1.66. The smallest absolute Gasteiger partial charge is 0.133 e. The third-order valence-electron chi connectivity index (χ3n) is 3.37. The van der Waals surface area contributed by atoms with Gasteiger partial charge in [0.05, 0.1) is 13.2 Å². The molecule has 0 unspecified atom stereocenters. The SMILES string of the molecule is Brc1ccc(NCc2cccnc2N2CCOCC2)nc1. The van der Waals surface area contributed by atoms with Gasteiger partial charge in [-0.05, 0) is 34.1 Å². The molecule has 5 nitrogen and oxygen atoms in total. The zero-order valence-corrected chi connectivity index (χ0v) is 13.2. The molecule has 3 rings (SSSR count). The molecular formula is C15H17BrN4O. The van der Waals surface area contributed by atoms with Crippen LogP contribution < -0.4 is 10.2 Å². The van der Waals surface area contributed by atoms with E-state index >= 15 is 0 Å². The molecule has 0 atom stereocenters. The first kappa shape index (κ1) is 14.3. The molecule has 2 aromatic rings. The molecule has 1 aliphatic rings. The van der Waals surface area contributed by atoms with Crippen molar-refractivity contribution in [1.29, 1.82) is 0 Å². The molecule has 21 heavy (non-hydrogen) atoms. The van der Waals surface area contributed by atoms with Gasteiger partial charge in [-0.3, -0.25) is 0 Å². The summed E-state index contributed by atoms with van der Waals surface area (Å²) < 4.78 is 6.38. The van der Waals surface area contributed by atoms with Crippen molar-refractivity contribution in [2.75, 3.05) is 36.5 Å². The zero-order valence-electron chi connectivity index (χ0n) is 11.6. The predicted molar refractivity (Wildman–Crippen MR) is 86.5 cm³/mol. The molecular weight excluding hydrogens is 332 g/mol. The number of rotatable bonds is 4. The maximum absolute atomic E-state index is 5.40. The van der Waals surface area contributed by atoms with Crippen molar-refractivity contribution >= 4 is 27.6 Å². The Balaban J connectivity index is 1.71. The molecule has 0 saturated carbocycles. The van der Waals surface area contributed by atoms with Crippen LogP contribution in [0.25, 0.3) is 0 Å². The summed E-state index contributed by atoms with van der Waals surface area (Å²) in [6, 6.07) is 8.00. The van der Waals surface area contributed by atoms with Gasteiger partial charge in [0.2, 0.25) is 0 Å². The van der Waals surface area contributed by atoms with Crippen LogP contribution in [0, 0.1) is 0 Å². The van der Waals surface area contributed by atoms with E-state index in [9.17, 15) is 0 Å². The lowest BCUT2D eigenvalue weighted by atomic mass is 10.2. The molecule has 1 saturated heterocycles. The Morgan fingerprint density at radius 2 is 2.05 bits per heavy atom. The van der Waals surface area contributed by atoms with Gasteiger partial charge in [-0.2, -0.15) is 0 Å². The molecule has 6 heteroatoms. The van der Waals surface area contributed by atoms with Crippen molar-refractivity contribution in [2.24, 2.45) is 0 Å². The number of hydrogen-bond acceptors (Lipinski definition) is 5. The van der Waals surface area contributed by atoms with Gasteiger partial charge in [0.25, 0.3) is 0 Å². The van der Waals surface area contributed by atoms with E-state index in [1.807, 2.05) is 24.4 Å². The monoisotopic (exact) mass is 348 g/mol. The van der Waals surface area contributed by atoms with Crippen LogP contribution in [-0.4, -0.2) is 36.3 Å². The Morgan fingerprint density at radius 1 is 1.19 bits per heavy atom. The average molecular weight is 349 g/mol. The fourth-order valence-corrected chi connectivity index (χ4v) is 2.53. The van der Waals surface area contributed by atoms with E-state index in [4.69, 9.17) is 4.74 Å². The standard InChI is InChI=1S/C15H17BrN4O/c16-13-3-4-14(19-11-13)18-10-12-2-1-5-17-15(12)20-6-8-21-9-7-20/h1-5,11H,6-10H2,(H,18,19). The summed E-state index contributed by atoms with van der Waals surface area (Å²) in [5, 5.41) is 3.34. The van der Waals surface area contributed by atoms with Crippen molar-refractivity contribution in [3.63, 3.8) is 0 Å². The van der Waals surface area contributed by atoms with Crippen LogP contribution in [0.4, 0.5) is 11.6 Å². The first-order valence-electron chi connectivity index (χ1n) is 6.95. The Labute approximate surface area is 132 Å². The molecule has 0 bridgehead atoms. The summed E-state index contributed by atoms with van der Waals surface area (Å²) in [6.07, 6.45) is 3.63. The van der Waals surface area contributed by atoms with E-state index in [0.29, 0.717) is 6.54 Å². The van der Waals surface area contributed by atoms with Crippen LogP contribution in [-0.2, 0) is 11.3 Å². The highest BCUT2D eigenvalue weighted by molar-refractivity contribution is 9.10. The number of morpholine rings is 1. The average Bonchev–Trinajstić information content (AvgIpc) is 2.55. The lowest BCUT2D eigenvalue weighted by molar-refractivity contribution is 0.122. The van der Waals surface area contributed by atoms with E-state index in [1.54, 1.807) is 6.20 Å². The molecule has 3 heterocycles. The van der Waals surface area contributed by atoms with E-state index in [1.165, 1.54) is 5.56 Å². The second-order valence-corrected chi connectivity index (χ2v) is 5.72. The Kier molecular flexibility index (Phi) is 4.67. The summed E-state index contributed by atoms with van der Waals surface area (Å²) in [5.74, 6) is 1.89. The number of aromatic nitrogens is 2. The molecule has 0 amide bonds. The lowest BCUT2D eigenvalue weighted by Crippen LogP contribution is -2.37. The van der Waals surface area contributed by atoms with Crippen LogP contribution in [0.1, 0.15) is 5.56 Å². The summed E-state index contributed by atoms with van der Waals surface area (Å²) in [4.78, 5) is 11.1. The minimum absolute atomic E-state index is 0.704. The maximum atomic E-state index is 5.40. The van der Waals surface area contributed by atoms with Gasteiger partial charge in [0.1, 0.15) is 11.6 Å². The van der Waals surface area contributed by atoms with Gasteiger partial charge in [0.15, 0.2) is 0 Å². The van der Waals surface area contributed by atoms with E-state index in [-0.39, 0.29) is 0 Å². The fraction of sp³-hybridized carbons (Fsp3) is 0.333. The molecule has 1 N–H and O–H groups in total. The summed E-state index contributed by atoms with van der Waals surface area (Å²) in [5.41, 5.74) is 1.17. The van der Waals surface area contributed by atoms with Crippen LogP contribution in [0.15, 0.2) is 41.1 Å². The number of hydrogen-bond donors (Lipinski definition) is 1. The van der Waals surface area contributed by atoms with Gasteiger partial charge in [0, 0.05) is 42.1 Å². The number of nitrogens with zero attached hydrogens (tertiary/aromatic N) is 3. The lowest BCUT2D eigenvalue weighted by Gasteiger charge is -2.29. The quantitative estimate of drug-likeness (QED) is 0.920. The highest BCUT2D eigenvalue weighted by Gasteiger charge is 2.15. The molecule has 1 fully saturated rings. The van der Waals surface area contributed by atoms with Crippen LogP contribution in [0.2, 0.25) is 0 Å². The highest BCUT2D eigenvalue weighted by Crippen LogP contribution is 2.19. The molecule has 0 spiro atoms. The largest absolute Gasteiger partial charge is 0.378 e. The summed E-state index contributed by atoms with van der Waals surface area (Å²) in [7, 11) is 0. The normalized spacial score (nSPS) is 15.0. The second-order valence-electron chi connectivity index (χ2n) is 4.80. The number of anilines is 2. The second kappa shape index (κ2) is 6.87.